The van der Waals surface area contributed by atoms with Gasteiger partial charge in [-0.25, -0.2) is 4.79 Å². The Kier molecular flexibility index (Phi) is 3.46. The van der Waals surface area contributed by atoms with Crippen molar-refractivity contribution in [2.45, 2.75) is 0 Å². The number of rotatable bonds is 2. The van der Waals surface area contributed by atoms with Gasteiger partial charge in [-0.2, -0.15) is 0 Å². The fourth-order valence-corrected chi connectivity index (χ4v) is 0.219. The Morgan fingerprint density at radius 3 is 2.56 bits per heavy atom. The van der Waals surface area contributed by atoms with Crippen molar-refractivity contribution in [2.24, 2.45) is 0 Å². The van der Waals surface area contributed by atoms with Crippen LogP contribution in [0.3, 0.4) is 0 Å². The lowest BCUT2D eigenvalue weighted by molar-refractivity contribution is -0.104. The molecule has 9 heavy (non-hydrogen) atoms. The van der Waals surface area contributed by atoms with Crippen molar-refractivity contribution in [3.05, 3.63) is 11.2 Å². The van der Waals surface area contributed by atoms with Crippen LogP contribution in [0.15, 0.2) is 11.2 Å². The maximum absolute atomic E-state index is 9.69. The standard InChI is InChI=1S/C4H4ClNO3/c5-3(2-7)1-6-4(8)9/h1-2,6H,(H,8,9). The number of halogens is 1. The predicted molar refractivity (Wildman–Crippen MR) is 31.2 cm³/mol. The number of hydrogen-bond donors (Lipinski definition) is 2. The molecule has 4 nitrogen and oxygen atoms in total. The Balaban J connectivity index is 3.69. The predicted octanol–water partition coefficient (Wildman–Crippen LogP) is 0.533. The molecule has 0 bridgehead atoms. The van der Waals surface area contributed by atoms with Crippen LogP contribution in [0.2, 0.25) is 0 Å². The van der Waals surface area contributed by atoms with Crippen LogP contribution in [-0.4, -0.2) is 17.5 Å². The topological polar surface area (TPSA) is 66.4 Å². The Morgan fingerprint density at radius 2 is 2.22 bits per heavy atom. The largest absolute Gasteiger partial charge is 0.465 e. The molecule has 0 heterocycles. The number of aldehydes is 1. The van der Waals surface area contributed by atoms with Gasteiger partial charge in [0.2, 0.25) is 0 Å². The minimum atomic E-state index is -1.25. The second-order valence-electron chi connectivity index (χ2n) is 1.10. The molecule has 1 amide bonds. The first-order valence-electron chi connectivity index (χ1n) is 1.97. The highest BCUT2D eigenvalue weighted by atomic mass is 35.5. The van der Waals surface area contributed by atoms with Gasteiger partial charge < -0.3 is 5.11 Å². The van der Waals surface area contributed by atoms with E-state index in [-0.39, 0.29) is 5.03 Å². The van der Waals surface area contributed by atoms with Gasteiger partial charge in [-0.15, -0.1) is 0 Å². The van der Waals surface area contributed by atoms with Gasteiger partial charge in [0.1, 0.15) is 0 Å². The molecule has 0 fully saturated rings. The van der Waals surface area contributed by atoms with E-state index in [9.17, 15) is 9.59 Å². The normalized spacial score (nSPS) is 10.6. The first-order valence-corrected chi connectivity index (χ1v) is 2.35. The third-order valence-electron chi connectivity index (χ3n) is 0.446. The molecule has 50 valence electrons. The van der Waals surface area contributed by atoms with Crippen LogP contribution in [0.5, 0.6) is 0 Å². The van der Waals surface area contributed by atoms with Gasteiger partial charge in [0.25, 0.3) is 0 Å². The van der Waals surface area contributed by atoms with Gasteiger partial charge in [-0.3, -0.25) is 10.1 Å². The minimum absolute atomic E-state index is 0.183. The number of allylic oxidation sites excluding steroid dienone is 1. The average molecular weight is 150 g/mol. The Morgan fingerprint density at radius 1 is 1.67 bits per heavy atom. The fourth-order valence-electron chi connectivity index (χ4n) is 0.165. The number of carboxylic acid groups (broad SMARTS) is 1. The fraction of sp³-hybridized carbons (Fsp3) is 0. The van der Waals surface area contributed by atoms with Crippen LogP contribution < -0.4 is 5.32 Å². The highest BCUT2D eigenvalue weighted by Crippen LogP contribution is 1.91. The quantitative estimate of drug-likeness (QED) is 0.445. The molecule has 0 saturated carbocycles. The molecule has 0 radical (unpaired) electrons. The minimum Gasteiger partial charge on any atom is -0.465 e. The first-order chi connectivity index (χ1) is 4.16. The van der Waals surface area contributed by atoms with Gasteiger partial charge in [-0.05, 0) is 0 Å². The molecule has 0 spiro atoms. The van der Waals surface area contributed by atoms with Crippen molar-refractivity contribution in [2.75, 3.05) is 0 Å². The van der Waals surface area contributed by atoms with Gasteiger partial charge in [0.15, 0.2) is 6.29 Å². The Hall–Kier alpha value is -1.03. The summed E-state index contributed by atoms with van der Waals surface area (Å²) < 4.78 is 0. The van der Waals surface area contributed by atoms with E-state index in [2.05, 4.69) is 0 Å². The second kappa shape index (κ2) is 3.91. The zero-order chi connectivity index (χ0) is 7.28. The zero-order valence-corrected chi connectivity index (χ0v) is 5.05. The molecule has 0 atom stereocenters. The number of nitrogens with one attached hydrogen (secondary N) is 1. The molecule has 0 aromatic rings. The van der Waals surface area contributed by atoms with E-state index in [4.69, 9.17) is 16.7 Å². The zero-order valence-electron chi connectivity index (χ0n) is 4.30. The molecule has 0 rings (SSSR count). The van der Waals surface area contributed by atoms with E-state index in [1.165, 1.54) is 0 Å². The van der Waals surface area contributed by atoms with Crippen molar-refractivity contribution in [1.29, 1.82) is 0 Å². The van der Waals surface area contributed by atoms with E-state index < -0.39 is 6.09 Å². The summed E-state index contributed by atoms with van der Waals surface area (Å²) in [5, 5.41) is 9.53. The van der Waals surface area contributed by atoms with Crippen LogP contribution in [0, 0.1) is 0 Å². The summed E-state index contributed by atoms with van der Waals surface area (Å²) in [5.41, 5.74) is 0. The molecule has 0 unspecified atom stereocenters. The second-order valence-corrected chi connectivity index (χ2v) is 1.53. The lowest BCUT2D eigenvalue weighted by Gasteiger charge is -1.87. The molecule has 2 N–H and O–H groups in total. The number of carbonyl (C=O) groups is 2. The van der Waals surface area contributed by atoms with Crippen molar-refractivity contribution < 1.29 is 14.7 Å². The summed E-state index contributed by atoms with van der Waals surface area (Å²) in [4.78, 5) is 19.4. The van der Waals surface area contributed by atoms with Crippen LogP contribution in [-0.2, 0) is 4.79 Å². The number of carbonyl (C=O) groups excluding carboxylic acids is 1. The van der Waals surface area contributed by atoms with Crippen molar-refractivity contribution in [3.63, 3.8) is 0 Å². The van der Waals surface area contributed by atoms with Gasteiger partial charge in [-0.1, -0.05) is 11.6 Å². The molecule has 0 aliphatic rings. The lowest BCUT2D eigenvalue weighted by Crippen LogP contribution is -2.13. The van der Waals surface area contributed by atoms with Crippen molar-refractivity contribution in [3.8, 4) is 0 Å². The van der Waals surface area contributed by atoms with Crippen molar-refractivity contribution >= 4 is 24.0 Å². The van der Waals surface area contributed by atoms with E-state index in [1.54, 1.807) is 5.32 Å². The van der Waals surface area contributed by atoms with Crippen LogP contribution in [0.25, 0.3) is 0 Å². The maximum Gasteiger partial charge on any atom is 0.408 e. The lowest BCUT2D eigenvalue weighted by atomic mass is 10.7. The highest BCUT2D eigenvalue weighted by molar-refractivity contribution is 6.38. The highest BCUT2D eigenvalue weighted by Gasteiger charge is 1.89. The molecule has 5 heteroatoms. The smallest absolute Gasteiger partial charge is 0.408 e. The van der Waals surface area contributed by atoms with Gasteiger partial charge in [0.05, 0.1) is 5.03 Å². The molecular formula is C4H4ClNO3. The molecule has 0 aromatic carbocycles. The summed E-state index contributed by atoms with van der Waals surface area (Å²) in [6.45, 7) is 0. The summed E-state index contributed by atoms with van der Waals surface area (Å²) in [5.74, 6) is 0. The summed E-state index contributed by atoms with van der Waals surface area (Å²) >= 11 is 5.08. The van der Waals surface area contributed by atoms with Crippen LogP contribution in [0.1, 0.15) is 0 Å². The van der Waals surface area contributed by atoms with E-state index in [1.807, 2.05) is 0 Å². The SMILES string of the molecule is O=CC(Cl)=CNC(=O)O. The molecule has 0 saturated heterocycles. The summed E-state index contributed by atoms with van der Waals surface area (Å²) in [7, 11) is 0. The molecular weight excluding hydrogens is 146 g/mol. The average Bonchev–Trinajstić information content (AvgIpc) is 1.83. The molecule has 0 aliphatic heterocycles. The molecule has 0 aliphatic carbocycles. The third kappa shape index (κ3) is 4.83. The van der Waals surface area contributed by atoms with Crippen LogP contribution >= 0.6 is 11.6 Å². The monoisotopic (exact) mass is 149 g/mol. The van der Waals surface area contributed by atoms with Crippen molar-refractivity contribution in [1.82, 2.24) is 5.32 Å². The Labute approximate surface area is 56.1 Å². The van der Waals surface area contributed by atoms with E-state index >= 15 is 0 Å². The number of amides is 1. The molecule has 0 aromatic heterocycles. The van der Waals surface area contributed by atoms with Gasteiger partial charge >= 0.3 is 6.09 Å². The maximum atomic E-state index is 9.69. The van der Waals surface area contributed by atoms with Crippen LogP contribution in [0.4, 0.5) is 4.79 Å². The number of hydrogen-bond acceptors (Lipinski definition) is 2. The summed E-state index contributed by atoms with van der Waals surface area (Å²) in [6, 6.07) is 0. The first kappa shape index (κ1) is 7.97. The Bertz CT molecular complexity index is 154. The van der Waals surface area contributed by atoms with Gasteiger partial charge in [0, 0.05) is 6.20 Å². The van der Waals surface area contributed by atoms with E-state index in [0.29, 0.717) is 6.29 Å². The third-order valence-corrected chi connectivity index (χ3v) is 0.644. The van der Waals surface area contributed by atoms with E-state index in [0.717, 1.165) is 6.20 Å². The summed E-state index contributed by atoms with van der Waals surface area (Å²) in [6.07, 6.45) is -0.0380.